The van der Waals surface area contributed by atoms with Crippen LogP contribution < -0.4 is 10.1 Å². The maximum Gasteiger partial charge on any atom is 0.146 e. The van der Waals surface area contributed by atoms with Crippen LogP contribution in [0, 0.1) is 11.8 Å². The largest absolute Gasteiger partial charge is 0.489 e. The molecule has 180 valence electrons. The predicted octanol–water partition coefficient (Wildman–Crippen LogP) is 8.04. The van der Waals surface area contributed by atoms with Crippen LogP contribution in [-0.4, -0.2) is 11.2 Å². The number of hydrogen-bond donors (Lipinski definition) is 1. The lowest BCUT2D eigenvalue weighted by atomic mass is 9.79. The summed E-state index contributed by atoms with van der Waals surface area (Å²) in [6.07, 6.45) is 11.1. The number of ether oxygens (including phenoxy) is 1. The van der Waals surface area contributed by atoms with E-state index >= 15 is 0 Å². The van der Waals surface area contributed by atoms with Crippen LogP contribution in [-0.2, 0) is 6.61 Å². The Balaban J connectivity index is 1.36. The fourth-order valence-electron chi connectivity index (χ4n) is 4.72. The molecule has 0 radical (unpaired) electrons. The molecule has 1 aliphatic carbocycles. The maximum absolute atomic E-state index is 6.46. The summed E-state index contributed by atoms with van der Waals surface area (Å²) >= 11 is 12.9. The molecule has 3 atom stereocenters. The van der Waals surface area contributed by atoms with Crippen molar-refractivity contribution in [2.24, 2.45) is 11.8 Å². The van der Waals surface area contributed by atoms with Crippen molar-refractivity contribution in [1.29, 1.82) is 0 Å². The maximum atomic E-state index is 6.46. The van der Waals surface area contributed by atoms with Crippen LogP contribution in [0.2, 0.25) is 10.0 Å². The molecule has 6 heteroatoms. The molecular formula is C29H28Cl2N2O2. The van der Waals surface area contributed by atoms with Crippen molar-refractivity contribution in [3.63, 3.8) is 0 Å². The van der Waals surface area contributed by atoms with E-state index < -0.39 is 0 Å². The topological polar surface area (TPSA) is 47.3 Å². The van der Waals surface area contributed by atoms with Gasteiger partial charge in [0, 0.05) is 17.4 Å². The van der Waals surface area contributed by atoms with Gasteiger partial charge in [-0.15, -0.1) is 0 Å². The average molecular weight is 507 g/mol. The van der Waals surface area contributed by atoms with E-state index in [4.69, 9.17) is 32.5 Å². The average Bonchev–Trinajstić information content (AvgIpc) is 3.27. The zero-order valence-corrected chi connectivity index (χ0v) is 21.5. The molecule has 1 aliphatic heterocycles. The molecule has 0 spiro atoms. The molecule has 2 aliphatic rings. The molecule has 0 bridgehead atoms. The minimum Gasteiger partial charge on any atom is -0.489 e. The van der Waals surface area contributed by atoms with Gasteiger partial charge in [-0.25, -0.2) is 0 Å². The van der Waals surface area contributed by atoms with E-state index in [1.165, 1.54) is 11.1 Å². The van der Waals surface area contributed by atoms with Gasteiger partial charge in [-0.1, -0.05) is 91.6 Å². The van der Waals surface area contributed by atoms with Gasteiger partial charge in [0.25, 0.3) is 0 Å². The van der Waals surface area contributed by atoms with Crippen LogP contribution >= 0.6 is 23.2 Å². The number of nitrogens with one attached hydrogen (secondary N) is 1. The highest BCUT2D eigenvalue weighted by atomic mass is 35.5. The Morgan fingerprint density at radius 2 is 1.80 bits per heavy atom. The fourth-order valence-corrected chi connectivity index (χ4v) is 5.30. The third kappa shape index (κ3) is 4.78. The molecule has 3 aromatic rings. The Bertz CT molecular complexity index is 1280. The van der Waals surface area contributed by atoms with E-state index in [9.17, 15) is 0 Å². The smallest absolute Gasteiger partial charge is 0.146 e. The highest BCUT2D eigenvalue weighted by molar-refractivity contribution is 6.39. The predicted molar refractivity (Wildman–Crippen MR) is 143 cm³/mol. The third-order valence-electron chi connectivity index (χ3n) is 6.68. The van der Waals surface area contributed by atoms with Gasteiger partial charge < -0.3 is 14.6 Å². The second-order valence-electron chi connectivity index (χ2n) is 9.41. The summed E-state index contributed by atoms with van der Waals surface area (Å²) in [5, 5.41) is 8.80. The van der Waals surface area contributed by atoms with Crippen LogP contribution in [0.25, 0.3) is 16.8 Å². The summed E-state index contributed by atoms with van der Waals surface area (Å²) < 4.78 is 11.9. The normalized spacial score (nSPS) is 21.0. The Hall–Kier alpha value is -2.95. The summed E-state index contributed by atoms with van der Waals surface area (Å²) in [6.45, 7) is 6.69. The molecule has 0 fully saturated rings. The van der Waals surface area contributed by atoms with Crippen LogP contribution in [0.15, 0.2) is 77.5 Å². The van der Waals surface area contributed by atoms with Crippen molar-refractivity contribution in [1.82, 2.24) is 10.5 Å². The molecule has 0 saturated carbocycles. The second-order valence-corrected chi connectivity index (χ2v) is 10.2. The SMILES string of the molecule is CC(C)c1onc(-c2c(Cl)cccc2Cl)c1COc1ccc(C2=CC3C(C)C=CNC3C=C2)cc1. The first kappa shape index (κ1) is 23.8. The van der Waals surface area contributed by atoms with Crippen molar-refractivity contribution >= 4 is 28.8 Å². The monoisotopic (exact) mass is 506 g/mol. The summed E-state index contributed by atoms with van der Waals surface area (Å²) in [5.41, 5.74) is 4.55. The first-order valence-electron chi connectivity index (χ1n) is 11.9. The van der Waals surface area contributed by atoms with Gasteiger partial charge >= 0.3 is 0 Å². The van der Waals surface area contributed by atoms with Gasteiger partial charge in [0.2, 0.25) is 0 Å². The molecule has 35 heavy (non-hydrogen) atoms. The zero-order valence-electron chi connectivity index (χ0n) is 20.0. The minimum absolute atomic E-state index is 0.138. The summed E-state index contributed by atoms with van der Waals surface area (Å²) in [5.74, 6) is 2.63. The Morgan fingerprint density at radius 1 is 1.06 bits per heavy atom. The molecule has 2 aromatic carbocycles. The highest BCUT2D eigenvalue weighted by Gasteiger charge is 2.27. The fraction of sp³-hybridized carbons (Fsp3) is 0.276. The summed E-state index contributed by atoms with van der Waals surface area (Å²) in [4.78, 5) is 0. The van der Waals surface area contributed by atoms with E-state index in [1.807, 2.05) is 18.2 Å². The summed E-state index contributed by atoms with van der Waals surface area (Å²) in [6, 6.07) is 14.0. The van der Waals surface area contributed by atoms with Gasteiger partial charge in [0.15, 0.2) is 0 Å². The number of allylic oxidation sites excluding steroid dienone is 3. The van der Waals surface area contributed by atoms with Crippen molar-refractivity contribution in [2.75, 3.05) is 0 Å². The number of halogens is 2. The van der Waals surface area contributed by atoms with E-state index in [1.54, 1.807) is 12.1 Å². The second kappa shape index (κ2) is 9.96. The van der Waals surface area contributed by atoms with Crippen LogP contribution in [0.4, 0.5) is 0 Å². The molecule has 0 saturated heterocycles. The van der Waals surface area contributed by atoms with E-state index in [0.717, 1.165) is 17.1 Å². The van der Waals surface area contributed by atoms with Crippen molar-refractivity contribution in [2.45, 2.75) is 39.3 Å². The Labute approximate surface area is 216 Å². The van der Waals surface area contributed by atoms with Gasteiger partial charge in [0.05, 0.1) is 21.7 Å². The van der Waals surface area contributed by atoms with Gasteiger partial charge in [-0.3, -0.25) is 0 Å². The Kier molecular flexibility index (Phi) is 6.77. The molecule has 0 amide bonds. The van der Waals surface area contributed by atoms with Crippen molar-refractivity contribution < 1.29 is 9.26 Å². The molecule has 2 heterocycles. The van der Waals surface area contributed by atoms with E-state index in [2.05, 4.69) is 73.9 Å². The number of fused-ring (bicyclic) bond motifs is 1. The lowest BCUT2D eigenvalue weighted by Gasteiger charge is -2.33. The van der Waals surface area contributed by atoms with Crippen molar-refractivity contribution in [3.05, 3.63) is 99.9 Å². The molecule has 1 N–H and O–H groups in total. The number of rotatable bonds is 6. The number of nitrogens with zero attached hydrogens (tertiary/aromatic N) is 1. The quantitative estimate of drug-likeness (QED) is 0.367. The van der Waals surface area contributed by atoms with E-state index in [-0.39, 0.29) is 5.92 Å². The molecule has 1 aromatic heterocycles. The minimum atomic E-state index is 0.138. The third-order valence-corrected chi connectivity index (χ3v) is 7.31. The van der Waals surface area contributed by atoms with Crippen LogP contribution in [0.5, 0.6) is 5.75 Å². The molecular weight excluding hydrogens is 479 g/mol. The molecule has 4 nitrogen and oxygen atoms in total. The van der Waals surface area contributed by atoms with Crippen LogP contribution in [0.3, 0.4) is 0 Å². The summed E-state index contributed by atoms with van der Waals surface area (Å²) in [7, 11) is 0. The molecule has 5 rings (SSSR count). The van der Waals surface area contributed by atoms with Crippen LogP contribution in [0.1, 0.15) is 43.6 Å². The Morgan fingerprint density at radius 3 is 2.51 bits per heavy atom. The first-order valence-corrected chi connectivity index (χ1v) is 12.7. The van der Waals surface area contributed by atoms with Gasteiger partial charge in [-0.2, -0.15) is 0 Å². The van der Waals surface area contributed by atoms with Gasteiger partial charge in [-0.05, 0) is 47.5 Å². The zero-order chi connectivity index (χ0) is 24.5. The lowest BCUT2D eigenvalue weighted by Crippen LogP contribution is -2.38. The van der Waals surface area contributed by atoms with Gasteiger partial charge in [0.1, 0.15) is 23.8 Å². The first-order chi connectivity index (χ1) is 16.9. The number of benzene rings is 2. The number of hydrogen-bond acceptors (Lipinski definition) is 4. The molecule has 3 unspecified atom stereocenters. The van der Waals surface area contributed by atoms with Crippen molar-refractivity contribution in [3.8, 4) is 17.0 Å². The highest BCUT2D eigenvalue weighted by Crippen LogP contribution is 2.39. The van der Waals surface area contributed by atoms with E-state index in [0.29, 0.717) is 45.8 Å². The number of aromatic nitrogens is 1. The lowest BCUT2D eigenvalue weighted by molar-refractivity contribution is 0.298. The standard InChI is InChI=1S/C29H28Cl2N2O2/c1-17(2)29-23(28(33-35-29)27-24(30)5-4-6-25(27)31)16-34-21-10-7-19(8-11-21)20-9-12-26-22(15-20)18(3)13-14-32-26/h4-15,17-18,22,26,32H,16H2,1-3H3.